The second-order valence-electron chi connectivity index (χ2n) is 4.86. The van der Waals surface area contributed by atoms with Crippen molar-refractivity contribution in [3.63, 3.8) is 0 Å². The molecule has 1 N–H and O–H groups in total. The first-order valence-electron chi connectivity index (χ1n) is 6.80. The van der Waals surface area contributed by atoms with E-state index in [4.69, 9.17) is 16.7 Å². The van der Waals surface area contributed by atoms with Gasteiger partial charge in [-0.3, -0.25) is 9.69 Å². The van der Waals surface area contributed by atoms with Gasteiger partial charge in [-0.15, -0.1) is 5.10 Å². The van der Waals surface area contributed by atoms with Crippen LogP contribution in [0.25, 0.3) is 5.69 Å². The Bertz CT molecular complexity index is 662. The Balaban J connectivity index is 2.12. The molecule has 1 aromatic carbocycles. The van der Waals surface area contributed by atoms with Crippen LogP contribution in [0.4, 0.5) is 4.39 Å². The standard InChI is InChI=1S/C14H16ClFN4O2/c1-2-5-19(9-14(21)22)7-10-8-20(18-17-10)11-3-4-13(16)12(15)6-11/h3-4,6,8H,2,5,7,9H2,1H3,(H,21,22). The normalized spacial score (nSPS) is 11.1. The highest BCUT2D eigenvalue weighted by Crippen LogP contribution is 2.18. The van der Waals surface area contributed by atoms with Crippen molar-refractivity contribution in [2.75, 3.05) is 13.1 Å². The smallest absolute Gasteiger partial charge is 0.317 e. The molecule has 1 aromatic heterocycles. The zero-order valence-electron chi connectivity index (χ0n) is 12.0. The molecule has 0 aliphatic carbocycles. The van der Waals surface area contributed by atoms with E-state index in [1.165, 1.54) is 16.8 Å². The number of carboxylic acids is 1. The first kappa shape index (κ1) is 16.4. The molecule has 2 aromatic rings. The van der Waals surface area contributed by atoms with Crippen LogP contribution in [0.5, 0.6) is 0 Å². The predicted molar refractivity (Wildman–Crippen MR) is 79.5 cm³/mol. The molecule has 0 saturated heterocycles. The van der Waals surface area contributed by atoms with Crippen LogP contribution in [-0.4, -0.2) is 44.1 Å². The van der Waals surface area contributed by atoms with Crippen molar-refractivity contribution >= 4 is 17.6 Å². The molecular weight excluding hydrogens is 311 g/mol. The van der Waals surface area contributed by atoms with Crippen molar-refractivity contribution in [1.82, 2.24) is 19.9 Å². The lowest BCUT2D eigenvalue weighted by atomic mass is 10.3. The quantitative estimate of drug-likeness (QED) is 0.845. The van der Waals surface area contributed by atoms with Gasteiger partial charge in [0.15, 0.2) is 0 Å². The van der Waals surface area contributed by atoms with Crippen molar-refractivity contribution in [3.05, 3.63) is 40.9 Å². The minimum absolute atomic E-state index is 0.00744. The molecule has 1 heterocycles. The number of aliphatic carboxylic acids is 1. The molecule has 0 atom stereocenters. The summed E-state index contributed by atoms with van der Waals surface area (Å²) >= 11 is 5.74. The number of hydrogen-bond donors (Lipinski definition) is 1. The zero-order valence-corrected chi connectivity index (χ0v) is 12.8. The van der Waals surface area contributed by atoms with Crippen LogP contribution in [0.2, 0.25) is 5.02 Å². The molecular formula is C14H16ClFN4O2. The van der Waals surface area contributed by atoms with Gasteiger partial charge >= 0.3 is 5.97 Å². The molecule has 0 bridgehead atoms. The summed E-state index contributed by atoms with van der Waals surface area (Å²) in [4.78, 5) is 12.6. The largest absolute Gasteiger partial charge is 0.480 e. The molecule has 8 heteroatoms. The summed E-state index contributed by atoms with van der Waals surface area (Å²) < 4.78 is 14.6. The van der Waals surface area contributed by atoms with Gasteiger partial charge in [-0.1, -0.05) is 23.7 Å². The fourth-order valence-electron chi connectivity index (χ4n) is 2.08. The van der Waals surface area contributed by atoms with E-state index in [0.29, 0.717) is 24.5 Å². The van der Waals surface area contributed by atoms with Crippen molar-refractivity contribution in [2.24, 2.45) is 0 Å². The molecule has 0 aliphatic heterocycles. The van der Waals surface area contributed by atoms with Crippen LogP contribution in [-0.2, 0) is 11.3 Å². The van der Waals surface area contributed by atoms with Crippen LogP contribution in [0.1, 0.15) is 19.0 Å². The van der Waals surface area contributed by atoms with Crippen molar-refractivity contribution < 1.29 is 14.3 Å². The first-order valence-corrected chi connectivity index (χ1v) is 7.18. The second kappa shape index (κ2) is 7.33. The highest BCUT2D eigenvalue weighted by atomic mass is 35.5. The molecule has 0 saturated carbocycles. The topological polar surface area (TPSA) is 71.2 Å². The molecule has 0 fully saturated rings. The summed E-state index contributed by atoms with van der Waals surface area (Å²) in [5.41, 5.74) is 1.22. The molecule has 0 aliphatic rings. The molecule has 6 nitrogen and oxygen atoms in total. The number of halogens is 2. The Morgan fingerprint density at radius 1 is 1.50 bits per heavy atom. The third-order valence-corrected chi connectivity index (χ3v) is 3.28. The number of nitrogens with zero attached hydrogens (tertiary/aromatic N) is 4. The van der Waals surface area contributed by atoms with E-state index in [0.717, 1.165) is 6.42 Å². The molecule has 0 radical (unpaired) electrons. The second-order valence-corrected chi connectivity index (χ2v) is 5.26. The zero-order chi connectivity index (χ0) is 16.1. The Labute approximate surface area is 132 Å². The number of hydrogen-bond acceptors (Lipinski definition) is 4. The van der Waals surface area contributed by atoms with E-state index in [9.17, 15) is 9.18 Å². The monoisotopic (exact) mass is 326 g/mol. The van der Waals surface area contributed by atoms with E-state index in [-0.39, 0.29) is 11.6 Å². The van der Waals surface area contributed by atoms with Gasteiger partial charge in [-0.05, 0) is 31.2 Å². The lowest BCUT2D eigenvalue weighted by Gasteiger charge is -2.17. The predicted octanol–water partition coefficient (Wildman–Crippen LogP) is 2.36. The summed E-state index contributed by atoms with van der Waals surface area (Å²) in [5, 5.41) is 16.9. The SMILES string of the molecule is CCCN(CC(=O)O)Cc1cn(-c2ccc(F)c(Cl)c2)nn1. The summed E-state index contributed by atoms with van der Waals surface area (Å²) in [6, 6.07) is 4.25. The van der Waals surface area contributed by atoms with Crippen LogP contribution < -0.4 is 0 Å². The number of rotatable bonds is 7. The maximum Gasteiger partial charge on any atom is 0.317 e. The van der Waals surface area contributed by atoms with E-state index in [1.54, 1.807) is 17.2 Å². The van der Waals surface area contributed by atoms with Crippen molar-refractivity contribution in [2.45, 2.75) is 19.9 Å². The number of carboxylic acid groups (broad SMARTS) is 1. The van der Waals surface area contributed by atoms with Gasteiger partial charge in [0.25, 0.3) is 0 Å². The maximum atomic E-state index is 13.2. The minimum Gasteiger partial charge on any atom is -0.480 e. The van der Waals surface area contributed by atoms with Crippen molar-refractivity contribution in [1.29, 1.82) is 0 Å². The third-order valence-electron chi connectivity index (χ3n) is 2.99. The van der Waals surface area contributed by atoms with E-state index in [1.807, 2.05) is 6.92 Å². The van der Waals surface area contributed by atoms with E-state index >= 15 is 0 Å². The third kappa shape index (κ3) is 4.25. The summed E-state index contributed by atoms with van der Waals surface area (Å²) in [6.07, 6.45) is 2.52. The van der Waals surface area contributed by atoms with Crippen LogP contribution in [0.3, 0.4) is 0 Å². The molecule has 0 unspecified atom stereocenters. The van der Waals surface area contributed by atoms with Gasteiger partial charge in [-0.2, -0.15) is 0 Å². The fourth-order valence-corrected chi connectivity index (χ4v) is 2.25. The lowest BCUT2D eigenvalue weighted by molar-refractivity contribution is -0.138. The van der Waals surface area contributed by atoms with Crippen molar-refractivity contribution in [3.8, 4) is 5.69 Å². The van der Waals surface area contributed by atoms with Gasteiger partial charge in [-0.25, -0.2) is 9.07 Å². The molecule has 118 valence electrons. The van der Waals surface area contributed by atoms with E-state index < -0.39 is 11.8 Å². The van der Waals surface area contributed by atoms with Crippen LogP contribution in [0.15, 0.2) is 24.4 Å². The average Bonchev–Trinajstić information content (AvgIpc) is 2.90. The highest BCUT2D eigenvalue weighted by molar-refractivity contribution is 6.30. The molecule has 22 heavy (non-hydrogen) atoms. The van der Waals surface area contributed by atoms with Crippen LogP contribution in [0, 0.1) is 5.82 Å². The first-order chi connectivity index (χ1) is 10.5. The van der Waals surface area contributed by atoms with Crippen LogP contribution >= 0.6 is 11.6 Å². The van der Waals surface area contributed by atoms with Gasteiger partial charge in [0, 0.05) is 6.54 Å². The summed E-state index contributed by atoms with van der Waals surface area (Å²) in [7, 11) is 0. The Morgan fingerprint density at radius 2 is 2.27 bits per heavy atom. The minimum atomic E-state index is -0.883. The lowest BCUT2D eigenvalue weighted by Crippen LogP contribution is -2.30. The molecule has 2 rings (SSSR count). The molecule has 0 spiro atoms. The fraction of sp³-hybridized carbons (Fsp3) is 0.357. The Kier molecular flexibility index (Phi) is 5.46. The number of benzene rings is 1. The number of carbonyl (C=O) groups is 1. The number of aromatic nitrogens is 3. The maximum absolute atomic E-state index is 13.2. The van der Waals surface area contributed by atoms with Gasteiger partial charge < -0.3 is 5.11 Å². The average molecular weight is 327 g/mol. The Hall–Kier alpha value is -1.99. The van der Waals surface area contributed by atoms with E-state index in [2.05, 4.69) is 10.3 Å². The highest BCUT2D eigenvalue weighted by Gasteiger charge is 2.12. The molecule has 0 amide bonds. The summed E-state index contributed by atoms with van der Waals surface area (Å²) in [6.45, 7) is 2.96. The Morgan fingerprint density at radius 3 is 2.91 bits per heavy atom. The van der Waals surface area contributed by atoms with Gasteiger partial charge in [0.1, 0.15) is 5.82 Å². The summed E-state index contributed by atoms with van der Waals surface area (Å²) in [5.74, 6) is -1.38. The van der Waals surface area contributed by atoms with Gasteiger partial charge in [0.2, 0.25) is 0 Å². The van der Waals surface area contributed by atoms with Gasteiger partial charge in [0.05, 0.1) is 29.1 Å².